The average molecular weight is 253 g/mol. The van der Waals surface area contributed by atoms with E-state index in [2.05, 4.69) is 9.97 Å². The number of aryl methyl sites for hydroxylation is 1. The van der Waals surface area contributed by atoms with E-state index in [9.17, 15) is 8.42 Å². The van der Waals surface area contributed by atoms with Crippen LogP contribution in [0.25, 0.3) is 0 Å². The van der Waals surface area contributed by atoms with Gasteiger partial charge in [-0.15, -0.1) is 0 Å². The van der Waals surface area contributed by atoms with Crippen molar-refractivity contribution in [3.05, 3.63) is 21.7 Å². The lowest BCUT2D eigenvalue weighted by Gasteiger charge is -2.01. The van der Waals surface area contributed by atoms with Crippen LogP contribution >= 0.6 is 23.2 Å². The predicted octanol–water partition coefficient (Wildman–Crippen LogP) is 1.38. The van der Waals surface area contributed by atoms with Crippen molar-refractivity contribution in [3.63, 3.8) is 0 Å². The second kappa shape index (κ2) is 4.72. The van der Waals surface area contributed by atoms with Crippen molar-refractivity contribution in [1.29, 1.82) is 0 Å². The molecule has 0 unspecified atom stereocenters. The Balaban J connectivity index is 3.42. The molecule has 0 radical (unpaired) electrons. The third kappa shape index (κ3) is 2.67. The van der Waals surface area contributed by atoms with E-state index >= 15 is 0 Å². The monoisotopic (exact) mass is 252 g/mol. The Labute approximate surface area is 92.4 Å². The fourth-order valence-electron chi connectivity index (χ4n) is 0.809. The Bertz CT molecular complexity index is 477. The quantitative estimate of drug-likeness (QED) is 0.590. The SMILES string of the molecule is CCc1nc(Cl)c(Cl)c(C=S(=O)=O)n1. The highest BCUT2D eigenvalue weighted by Crippen LogP contribution is 2.21. The molecule has 0 aliphatic rings. The molecule has 0 N–H and O–H groups in total. The summed E-state index contributed by atoms with van der Waals surface area (Å²) >= 11 is 11.4. The molecule has 76 valence electrons. The van der Waals surface area contributed by atoms with Crippen LogP contribution in [0.4, 0.5) is 0 Å². The molecule has 1 aromatic rings. The van der Waals surface area contributed by atoms with Crippen LogP contribution in [0.1, 0.15) is 18.4 Å². The highest BCUT2D eigenvalue weighted by atomic mass is 35.5. The molecule has 0 aliphatic carbocycles. The van der Waals surface area contributed by atoms with E-state index in [1.165, 1.54) is 0 Å². The van der Waals surface area contributed by atoms with Gasteiger partial charge in [0, 0.05) is 6.42 Å². The Morgan fingerprint density at radius 2 is 2.00 bits per heavy atom. The molecule has 0 spiro atoms. The molecule has 0 saturated heterocycles. The fraction of sp³-hybridized carbons (Fsp3) is 0.286. The lowest BCUT2D eigenvalue weighted by Crippen LogP contribution is -2.00. The number of aromatic nitrogens is 2. The number of hydrogen-bond acceptors (Lipinski definition) is 4. The van der Waals surface area contributed by atoms with Crippen molar-refractivity contribution in [2.75, 3.05) is 0 Å². The van der Waals surface area contributed by atoms with Crippen molar-refractivity contribution in [3.8, 4) is 0 Å². The van der Waals surface area contributed by atoms with Gasteiger partial charge in [0.05, 0.1) is 5.37 Å². The smallest absolute Gasteiger partial charge is 0.216 e. The van der Waals surface area contributed by atoms with Crippen LogP contribution in [-0.4, -0.2) is 23.8 Å². The highest BCUT2D eigenvalue weighted by molar-refractivity contribution is 7.71. The number of hydrogen-bond donors (Lipinski definition) is 0. The molecule has 1 rings (SSSR count). The molecule has 14 heavy (non-hydrogen) atoms. The Morgan fingerprint density at radius 1 is 1.36 bits per heavy atom. The molecule has 0 fully saturated rings. The summed E-state index contributed by atoms with van der Waals surface area (Å²) in [6, 6.07) is 0. The van der Waals surface area contributed by atoms with Crippen molar-refractivity contribution in [2.24, 2.45) is 0 Å². The summed E-state index contributed by atoms with van der Waals surface area (Å²) < 4.78 is 20.8. The van der Waals surface area contributed by atoms with Gasteiger partial charge in [-0.3, -0.25) is 0 Å². The summed E-state index contributed by atoms with van der Waals surface area (Å²) in [6.07, 6.45) is 0.559. The van der Waals surface area contributed by atoms with E-state index in [1.807, 2.05) is 6.92 Å². The van der Waals surface area contributed by atoms with Crippen LogP contribution < -0.4 is 0 Å². The van der Waals surface area contributed by atoms with Gasteiger partial charge in [-0.1, -0.05) is 30.1 Å². The molecule has 0 aromatic carbocycles. The lowest BCUT2D eigenvalue weighted by molar-refractivity contribution is 0.627. The minimum atomic E-state index is -2.35. The van der Waals surface area contributed by atoms with Gasteiger partial charge in [0.1, 0.15) is 16.5 Å². The molecular weight excluding hydrogens is 247 g/mol. The number of nitrogens with zero attached hydrogens (tertiary/aromatic N) is 2. The van der Waals surface area contributed by atoms with E-state index in [1.54, 1.807) is 0 Å². The van der Waals surface area contributed by atoms with Gasteiger partial charge in [0.25, 0.3) is 0 Å². The minimum absolute atomic E-state index is 0.0491. The first kappa shape index (κ1) is 11.4. The van der Waals surface area contributed by atoms with Gasteiger partial charge < -0.3 is 0 Å². The highest BCUT2D eigenvalue weighted by Gasteiger charge is 2.08. The van der Waals surface area contributed by atoms with Crippen LogP contribution in [-0.2, 0) is 16.7 Å². The standard InChI is InChI=1S/C7H6Cl2N2O2S/c1-2-5-10-4(3-14(12)13)6(8)7(9)11-5/h3H,2H2,1H3. The molecular formula is C7H6Cl2N2O2S. The van der Waals surface area contributed by atoms with Gasteiger partial charge >= 0.3 is 0 Å². The van der Waals surface area contributed by atoms with Crippen LogP contribution in [0, 0.1) is 0 Å². The minimum Gasteiger partial charge on any atom is -0.231 e. The third-order valence-corrected chi connectivity index (χ3v) is 2.57. The van der Waals surface area contributed by atoms with E-state index in [4.69, 9.17) is 23.2 Å². The molecule has 0 bridgehead atoms. The van der Waals surface area contributed by atoms with E-state index in [-0.39, 0.29) is 15.9 Å². The van der Waals surface area contributed by atoms with Crippen molar-refractivity contribution < 1.29 is 8.42 Å². The maximum Gasteiger partial charge on any atom is 0.216 e. The fourth-order valence-corrected chi connectivity index (χ4v) is 1.56. The van der Waals surface area contributed by atoms with Crippen molar-refractivity contribution in [1.82, 2.24) is 9.97 Å². The van der Waals surface area contributed by atoms with Crippen LogP contribution in [0.2, 0.25) is 10.2 Å². The Kier molecular flexibility index (Phi) is 3.86. The summed E-state index contributed by atoms with van der Waals surface area (Å²) in [7, 11) is -2.35. The largest absolute Gasteiger partial charge is 0.231 e. The Morgan fingerprint density at radius 3 is 2.50 bits per heavy atom. The van der Waals surface area contributed by atoms with Crippen molar-refractivity contribution >= 4 is 38.9 Å². The second-order valence-corrected chi connectivity index (χ2v) is 3.85. The average Bonchev–Trinajstić information content (AvgIpc) is 2.11. The van der Waals surface area contributed by atoms with Crippen molar-refractivity contribution in [2.45, 2.75) is 13.3 Å². The molecule has 1 aromatic heterocycles. The van der Waals surface area contributed by atoms with Crippen LogP contribution in [0.15, 0.2) is 0 Å². The predicted molar refractivity (Wildman–Crippen MR) is 55.5 cm³/mol. The van der Waals surface area contributed by atoms with Gasteiger partial charge in [0.15, 0.2) is 5.15 Å². The van der Waals surface area contributed by atoms with Gasteiger partial charge in [-0.05, 0) is 0 Å². The summed E-state index contributed by atoms with van der Waals surface area (Å²) in [4.78, 5) is 7.78. The maximum atomic E-state index is 10.4. The molecule has 0 saturated carbocycles. The van der Waals surface area contributed by atoms with Gasteiger partial charge in [-0.2, -0.15) is 8.42 Å². The van der Waals surface area contributed by atoms with Crippen LogP contribution in [0.3, 0.4) is 0 Å². The molecule has 4 nitrogen and oxygen atoms in total. The zero-order valence-electron chi connectivity index (χ0n) is 7.16. The normalized spacial score (nSPS) is 9.93. The van der Waals surface area contributed by atoms with Gasteiger partial charge in [-0.25, -0.2) is 9.97 Å². The van der Waals surface area contributed by atoms with Gasteiger partial charge in [0.2, 0.25) is 10.3 Å². The summed E-state index contributed by atoms with van der Waals surface area (Å²) in [5, 5.41) is 1.01. The van der Waals surface area contributed by atoms with E-state index < -0.39 is 10.3 Å². The molecule has 0 amide bonds. The topological polar surface area (TPSA) is 59.9 Å². The summed E-state index contributed by atoms with van der Waals surface area (Å²) in [5.41, 5.74) is 0.122. The van der Waals surface area contributed by atoms with Crippen LogP contribution in [0.5, 0.6) is 0 Å². The lowest BCUT2D eigenvalue weighted by atomic mass is 10.4. The second-order valence-electron chi connectivity index (χ2n) is 2.36. The number of halogens is 2. The maximum absolute atomic E-state index is 10.4. The molecule has 0 atom stereocenters. The summed E-state index contributed by atoms with van der Waals surface area (Å²) in [5.74, 6) is 0.455. The molecule has 0 aliphatic heterocycles. The first-order valence-corrected chi connectivity index (χ1v) is 5.58. The Hall–Kier alpha value is -0.650. The molecule has 1 heterocycles. The first-order chi connectivity index (χ1) is 6.54. The third-order valence-electron chi connectivity index (χ3n) is 1.41. The van der Waals surface area contributed by atoms with E-state index in [0.717, 1.165) is 5.37 Å². The van der Waals surface area contributed by atoms with E-state index in [0.29, 0.717) is 12.2 Å². The first-order valence-electron chi connectivity index (χ1n) is 3.69. The zero-order chi connectivity index (χ0) is 10.7. The molecule has 7 heteroatoms. The zero-order valence-corrected chi connectivity index (χ0v) is 9.49. The number of rotatable bonds is 2. The summed E-state index contributed by atoms with van der Waals surface area (Å²) in [6.45, 7) is 1.83.